The molecule has 0 amide bonds. The molecule has 102 valence electrons. The van der Waals surface area contributed by atoms with Crippen LogP contribution < -0.4 is 5.73 Å². The standard InChI is InChI=1S/C17H23NO/c1-2-12-6-5-7-13(10-12)17(18)15-11-19-16-9-4-3-8-14(15)16/h3-4,8-9,11-13,17H,2,5-7,10,18H2,1H3. The van der Waals surface area contributed by atoms with Crippen molar-refractivity contribution in [1.29, 1.82) is 0 Å². The van der Waals surface area contributed by atoms with E-state index in [0.717, 1.165) is 11.5 Å². The number of furan rings is 1. The van der Waals surface area contributed by atoms with Gasteiger partial charge in [-0.2, -0.15) is 0 Å². The molecule has 1 aromatic heterocycles. The van der Waals surface area contributed by atoms with E-state index in [1.165, 1.54) is 43.1 Å². The first-order valence-corrected chi connectivity index (χ1v) is 7.51. The molecular formula is C17H23NO. The van der Waals surface area contributed by atoms with Crippen LogP contribution in [0.3, 0.4) is 0 Å². The third-order valence-electron chi connectivity index (χ3n) is 4.78. The van der Waals surface area contributed by atoms with Gasteiger partial charge < -0.3 is 10.2 Å². The molecule has 3 unspecified atom stereocenters. The molecule has 1 aliphatic carbocycles. The van der Waals surface area contributed by atoms with Gasteiger partial charge in [-0.05, 0) is 30.7 Å². The first-order chi connectivity index (χ1) is 9.29. The van der Waals surface area contributed by atoms with E-state index in [4.69, 9.17) is 10.2 Å². The van der Waals surface area contributed by atoms with Gasteiger partial charge in [-0.15, -0.1) is 0 Å². The van der Waals surface area contributed by atoms with Crippen LogP contribution in [-0.4, -0.2) is 0 Å². The number of para-hydroxylation sites is 1. The predicted molar refractivity (Wildman–Crippen MR) is 78.9 cm³/mol. The fraction of sp³-hybridized carbons (Fsp3) is 0.529. The lowest BCUT2D eigenvalue weighted by molar-refractivity contribution is 0.230. The Morgan fingerprint density at radius 3 is 3.00 bits per heavy atom. The zero-order valence-electron chi connectivity index (χ0n) is 11.6. The van der Waals surface area contributed by atoms with Crippen molar-refractivity contribution in [3.63, 3.8) is 0 Å². The summed E-state index contributed by atoms with van der Waals surface area (Å²) < 4.78 is 5.63. The van der Waals surface area contributed by atoms with E-state index in [1.807, 2.05) is 18.4 Å². The molecule has 0 spiro atoms. The van der Waals surface area contributed by atoms with Gasteiger partial charge in [0.25, 0.3) is 0 Å². The Labute approximate surface area is 115 Å². The van der Waals surface area contributed by atoms with Gasteiger partial charge in [0.15, 0.2) is 0 Å². The zero-order valence-corrected chi connectivity index (χ0v) is 11.6. The van der Waals surface area contributed by atoms with E-state index < -0.39 is 0 Å². The summed E-state index contributed by atoms with van der Waals surface area (Å²) in [4.78, 5) is 0. The quantitative estimate of drug-likeness (QED) is 0.869. The normalized spacial score (nSPS) is 25.6. The average Bonchev–Trinajstić information content (AvgIpc) is 2.90. The Hall–Kier alpha value is -1.28. The Morgan fingerprint density at radius 2 is 2.16 bits per heavy atom. The number of benzene rings is 1. The minimum absolute atomic E-state index is 0.123. The van der Waals surface area contributed by atoms with Gasteiger partial charge in [-0.3, -0.25) is 0 Å². The summed E-state index contributed by atoms with van der Waals surface area (Å²) in [6, 6.07) is 8.33. The maximum Gasteiger partial charge on any atom is 0.134 e. The second-order valence-corrected chi connectivity index (χ2v) is 5.91. The fourth-order valence-electron chi connectivity index (χ4n) is 3.54. The molecule has 3 rings (SSSR count). The van der Waals surface area contributed by atoms with Crippen LogP contribution in [0.25, 0.3) is 11.0 Å². The Bertz CT molecular complexity index is 545. The van der Waals surface area contributed by atoms with E-state index in [1.54, 1.807) is 0 Å². The van der Waals surface area contributed by atoms with E-state index in [0.29, 0.717) is 5.92 Å². The average molecular weight is 257 g/mol. The van der Waals surface area contributed by atoms with E-state index >= 15 is 0 Å². The van der Waals surface area contributed by atoms with Crippen molar-refractivity contribution >= 4 is 11.0 Å². The molecule has 0 radical (unpaired) electrons. The Morgan fingerprint density at radius 1 is 1.32 bits per heavy atom. The van der Waals surface area contributed by atoms with Crippen LogP contribution in [0.5, 0.6) is 0 Å². The van der Waals surface area contributed by atoms with Crippen LogP contribution in [0, 0.1) is 11.8 Å². The number of rotatable bonds is 3. The van der Waals surface area contributed by atoms with Gasteiger partial charge in [0.2, 0.25) is 0 Å². The monoisotopic (exact) mass is 257 g/mol. The molecule has 0 aliphatic heterocycles. The summed E-state index contributed by atoms with van der Waals surface area (Å²) in [6.07, 6.45) is 8.40. The molecule has 3 atom stereocenters. The summed E-state index contributed by atoms with van der Waals surface area (Å²) in [5.41, 5.74) is 8.68. The largest absolute Gasteiger partial charge is 0.464 e. The summed E-state index contributed by atoms with van der Waals surface area (Å²) in [5, 5.41) is 1.19. The van der Waals surface area contributed by atoms with Crippen molar-refractivity contribution in [2.45, 2.75) is 45.1 Å². The highest BCUT2D eigenvalue weighted by Gasteiger charge is 2.28. The van der Waals surface area contributed by atoms with Crippen LogP contribution in [0.4, 0.5) is 0 Å². The molecule has 19 heavy (non-hydrogen) atoms. The Kier molecular flexibility index (Phi) is 3.61. The van der Waals surface area contributed by atoms with Crippen molar-refractivity contribution in [2.75, 3.05) is 0 Å². The molecule has 0 bridgehead atoms. The smallest absolute Gasteiger partial charge is 0.134 e. The third-order valence-corrected chi connectivity index (χ3v) is 4.78. The number of hydrogen-bond acceptors (Lipinski definition) is 2. The summed E-state index contributed by atoms with van der Waals surface area (Å²) in [7, 11) is 0. The molecule has 1 aliphatic rings. The third kappa shape index (κ3) is 2.42. The van der Waals surface area contributed by atoms with Gasteiger partial charge in [-0.25, -0.2) is 0 Å². The van der Waals surface area contributed by atoms with Crippen molar-refractivity contribution in [3.8, 4) is 0 Å². The minimum Gasteiger partial charge on any atom is -0.464 e. The topological polar surface area (TPSA) is 39.2 Å². The molecule has 0 saturated heterocycles. The van der Waals surface area contributed by atoms with Crippen molar-refractivity contribution in [3.05, 3.63) is 36.1 Å². The maximum atomic E-state index is 6.54. The molecular weight excluding hydrogens is 234 g/mol. The van der Waals surface area contributed by atoms with Gasteiger partial charge >= 0.3 is 0 Å². The highest BCUT2D eigenvalue weighted by atomic mass is 16.3. The zero-order chi connectivity index (χ0) is 13.2. The lowest BCUT2D eigenvalue weighted by Gasteiger charge is -2.32. The minimum atomic E-state index is 0.123. The lowest BCUT2D eigenvalue weighted by atomic mass is 9.75. The second kappa shape index (κ2) is 5.38. The number of fused-ring (bicyclic) bond motifs is 1. The Balaban J connectivity index is 1.85. The maximum absolute atomic E-state index is 6.54. The van der Waals surface area contributed by atoms with Crippen molar-refractivity contribution in [1.82, 2.24) is 0 Å². The van der Waals surface area contributed by atoms with E-state index in [2.05, 4.69) is 19.1 Å². The lowest BCUT2D eigenvalue weighted by Crippen LogP contribution is -2.26. The molecule has 1 aromatic carbocycles. The molecule has 2 heteroatoms. The number of nitrogens with two attached hydrogens (primary N) is 1. The molecule has 2 N–H and O–H groups in total. The van der Waals surface area contributed by atoms with Crippen molar-refractivity contribution < 1.29 is 4.42 Å². The molecule has 2 aromatic rings. The molecule has 1 saturated carbocycles. The van der Waals surface area contributed by atoms with E-state index in [9.17, 15) is 0 Å². The highest BCUT2D eigenvalue weighted by Crippen LogP contribution is 2.39. The van der Waals surface area contributed by atoms with Crippen LogP contribution in [0.1, 0.15) is 50.6 Å². The first kappa shape index (κ1) is 12.7. The van der Waals surface area contributed by atoms with Gasteiger partial charge in [0.05, 0.1) is 6.26 Å². The second-order valence-electron chi connectivity index (χ2n) is 5.91. The van der Waals surface area contributed by atoms with Gasteiger partial charge in [-0.1, -0.05) is 44.4 Å². The summed E-state index contributed by atoms with van der Waals surface area (Å²) in [6.45, 7) is 2.30. The van der Waals surface area contributed by atoms with Crippen LogP contribution in [0.2, 0.25) is 0 Å². The van der Waals surface area contributed by atoms with Gasteiger partial charge in [0.1, 0.15) is 5.58 Å². The van der Waals surface area contributed by atoms with Crippen LogP contribution >= 0.6 is 0 Å². The number of hydrogen-bond donors (Lipinski definition) is 1. The molecule has 2 nitrogen and oxygen atoms in total. The predicted octanol–water partition coefficient (Wildman–Crippen LogP) is 4.65. The first-order valence-electron chi connectivity index (χ1n) is 7.51. The highest BCUT2D eigenvalue weighted by molar-refractivity contribution is 5.81. The van der Waals surface area contributed by atoms with Gasteiger partial charge in [0, 0.05) is 17.0 Å². The summed E-state index contributed by atoms with van der Waals surface area (Å²) >= 11 is 0. The summed E-state index contributed by atoms with van der Waals surface area (Å²) in [5.74, 6) is 1.47. The fourth-order valence-corrected chi connectivity index (χ4v) is 3.54. The molecule has 1 heterocycles. The SMILES string of the molecule is CCC1CCCC(C(N)c2coc3ccccc23)C1. The van der Waals surface area contributed by atoms with Crippen LogP contribution in [0.15, 0.2) is 34.9 Å². The van der Waals surface area contributed by atoms with E-state index in [-0.39, 0.29) is 6.04 Å². The van der Waals surface area contributed by atoms with Crippen molar-refractivity contribution in [2.24, 2.45) is 17.6 Å². The van der Waals surface area contributed by atoms with Crippen LogP contribution in [-0.2, 0) is 0 Å². The molecule has 1 fully saturated rings.